The van der Waals surface area contributed by atoms with Gasteiger partial charge in [0, 0.05) is 36.2 Å². The second kappa shape index (κ2) is 8.73. The zero-order valence-corrected chi connectivity index (χ0v) is 17.9. The van der Waals surface area contributed by atoms with Crippen molar-refractivity contribution in [2.45, 2.75) is 26.8 Å². The van der Waals surface area contributed by atoms with Crippen molar-refractivity contribution in [2.24, 2.45) is 0 Å². The van der Waals surface area contributed by atoms with E-state index in [1.807, 2.05) is 44.2 Å². The predicted molar refractivity (Wildman–Crippen MR) is 118 cm³/mol. The van der Waals surface area contributed by atoms with Crippen LogP contribution in [0.5, 0.6) is 0 Å². The number of nitrogens with one attached hydrogen (secondary N) is 1. The van der Waals surface area contributed by atoms with Crippen LogP contribution in [-0.2, 0) is 9.53 Å². The first-order chi connectivity index (χ1) is 14.9. The number of rotatable bonds is 5. The van der Waals surface area contributed by atoms with Crippen molar-refractivity contribution < 1.29 is 9.53 Å². The molecule has 1 amide bonds. The molecule has 1 aliphatic heterocycles. The van der Waals surface area contributed by atoms with Crippen LogP contribution in [0.2, 0.25) is 0 Å². The molecular formula is C22H26N6O3. The third kappa shape index (κ3) is 4.51. The molecule has 4 rings (SSSR count). The fraction of sp³-hybridized carbons (Fsp3) is 0.364. The average molecular weight is 422 g/mol. The molecule has 1 unspecified atom stereocenters. The van der Waals surface area contributed by atoms with Gasteiger partial charge in [0.15, 0.2) is 5.82 Å². The monoisotopic (exact) mass is 422 g/mol. The van der Waals surface area contributed by atoms with Gasteiger partial charge < -0.3 is 15.0 Å². The Morgan fingerprint density at radius 2 is 1.77 bits per heavy atom. The van der Waals surface area contributed by atoms with Crippen LogP contribution in [0.1, 0.15) is 24.4 Å². The number of carbonyl (C=O) groups excluding carboxylic acids is 1. The number of anilines is 2. The molecule has 9 nitrogen and oxygen atoms in total. The van der Waals surface area contributed by atoms with E-state index in [0.717, 1.165) is 30.2 Å². The third-order valence-corrected chi connectivity index (χ3v) is 5.29. The van der Waals surface area contributed by atoms with E-state index in [1.165, 1.54) is 10.7 Å². The van der Waals surface area contributed by atoms with Gasteiger partial charge in [-0.1, -0.05) is 0 Å². The fourth-order valence-corrected chi connectivity index (χ4v) is 3.60. The molecule has 31 heavy (non-hydrogen) atoms. The van der Waals surface area contributed by atoms with Crippen LogP contribution in [0.25, 0.3) is 5.82 Å². The Morgan fingerprint density at radius 3 is 2.42 bits per heavy atom. The first-order valence-corrected chi connectivity index (χ1v) is 10.3. The number of amides is 1. The molecule has 3 heterocycles. The van der Waals surface area contributed by atoms with Crippen molar-refractivity contribution in [3.63, 3.8) is 0 Å². The molecule has 1 fully saturated rings. The zero-order valence-electron chi connectivity index (χ0n) is 17.9. The van der Waals surface area contributed by atoms with Crippen molar-refractivity contribution in [1.29, 1.82) is 0 Å². The Balaban J connectivity index is 1.49. The van der Waals surface area contributed by atoms with Crippen molar-refractivity contribution in [2.75, 3.05) is 36.5 Å². The largest absolute Gasteiger partial charge is 0.378 e. The van der Waals surface area contributed by atoms with E-state index in [2.05, 4.69) is 20.4 Å². The van der Waals surface area contributed by atoms with Gasteiger partial charge in [-0.15, -0.1) is 5.10 Å². The van der Waals surface area contributed by atoms with Gasteiger partial charge >= 0.3 is 0 Å². The summed E-state index contributed by atoms with van der Waals surface area (Å²) in [5, 5.41) is 11.6. The highest BCUT2D eigenvalue weighted by Gasteiger charge is 2.19. The number of aryl methyl sites for hydroxylation is 2. The lowest BCUT2D eigenvalue weighted by Crippen LogP contribution is -2.36. The van der Waals surface area contributed by atoms with Crippen molar-refractivity contribution in [3.8, 4) is 5.82 Å². The first-order valence-electron chi connectivity index (χ1n) is 10.3. The number of hydrogen-bond donors (Lipinski definition) is 1. The molecule has 9 heteroatoms. The van der Waals surface area contributed by atoms with Crippen LogP contribution in [0, 0.1) is 13.8 Å². The number of nitrogens with zero attached hydrogens (tertiary/aromatic N) is 5. The summed E-state index contributed by atoms with van der Waals surface area (Å²) in [5.74, 6) is 0.166. The summed E-state index contributed by atoms with van der Waals surface area (Å²) in [6, 6.07) is 11.8. The van der Waals surface area contributed by atoms with Gasteiger partial charge in [-0.2, -0.15) is 5.10 Å². The van der Waals surface area contributed by atoms with Crippen molar-refractivity contribution in [1.82, 2.24) is 19.6 Å². The molecule has 0 spiro atoms. The Hall–Kier alpha value is -3.46. The minimum Gasteiger partial charge on any atom is -0.378 e. The minimum atomic E-state index is -0.789. The summed E-state index contributed by atoms with van der Waals surface area (Å²) in [5.41, 5.74) is 3.15. The van der Waals surface area contributed by atoms with Gasteiger partial charge in [-0.05, 0) is 57.2 Å². The predicted octanol–water partition coefficient (Wildman–Crippen LogP) is 2.08. The lowest BCUT2D eigenvalue weighted by atomic mass is 10.2. The molecule has 0 aliphatic carbocycles. The summed E-state index contributed by atoms with van der Waals surface area (Å²) < 4.78 is 8.22. The standard InChI is InChI=1S/C22H26N6O3/c1-15-14-16(2)27(24-15)20-8-9-21(29)28(25-20)17(3)22(30)23-18-4-6-19(7-5-18)26-10-12-31-13-11-26/h4-9,14,17H,10-13H2,1-3H3,(H,23,30). The fourth-order valence-electron chi connectivity index (χ4n) is 3.60. The molecule has 0 saturated carbocycles. The number of benzene rings is 1. The number of hydrogen-bond acceptors (Lipinski definition) is 6. The summed E-state index contributed by atoms with van der Waals surface area (Å²) in [4.78, 5) is 27.4. The van der Waals surface area contributed by atoms with E-state index < -0.39 is 6.04 Å². The quantitative estimate of drug-likeness (QED) is 0.677. The molecule has 1 aliphatic rings. The Morgan fingerprint density at radius 1 is 1.06 bits per heavy atom. The lowest BCUT2D eigenvalue weighted by Gasteiger charge is -2.29. The normalized spacial score (nSPS) is 15.0. The van der Waals surface area contributed by atoms with Crippen molar-refractivity contribution >= 4 is 17.3 Å². The van der Waals surface area contributed by atoms with Gasteiger partial charge in [0.25, 0.3) is 5.56 Å². The molecule has 0 bridgehead atoms. The number of ether oxygens (including phenoxy) is 1. The van der Waals surface area contributed by atoms with E-state index in [0.29, 0.717) is 24.7 Å². The molecular weight excluding hydrogens is 396 g/mol. The average Bonchev–Trinajstić information content (AvgIpc) is 3.12. The summed E-state index contributed by atoms with van der Waals surface area (Å²) in [6.45, 7) is 8.58. The topological polar surface area (TPSA) is 94.3 Å². The summed E-state index contributed by atoms with van der Waals surface area (Å²) >= 11 is 0. The maximum Gasteiger partial charge on any atom is 0.267 e. The van der Waals surface area contributed by atoms with Gasteiger partial charge in [-0.3, -0.25) is 9.59 Å². The molecule has 1 atom stereocenters. The van der Waals surface area contributed by atoms with Crippen LogP contribution in [0.15, 0.2) is 47.3 Å². The van der Waals surface area contributed by atoms with Crippen LogP contribution < -0.4 is 15.8 Å². The van der Waals surface area contributed by atoms with Crippen LogP contribution in [0.3, 0.4) is 0 Å². The van der Waals surface area contributed by atoms with E-state index in [4.69, 9.17) is 4.74 Å². The minimum absolute atomic E-state index is 0.320. The molecule has 162 valence electrons. The highest BCUT2D eigenvalue weighted by atomic mass is 16.5. The van der Waals surface area contributed by atoms with Crippen LogP contribution in [0.4, 0.5) is 11.4 Å². The maximum absolute atomic E-state index is 12.8. The van der Waals surface area contributed by atoms with E-state index in [1.54, 1.807) is 17.7 Å². The summed E-state index contributed by atoms with van der Waals surface area (Å²) in [7, 11) is 0. The number of morpholine rings is 1. The SMILES string of the molecule is Cc1cc(C)n(-c2ccc(=O)n(C(C)C(=O)Nc3ccc(N4CCOCC4)cc3)n2)n1. The Bertz CT molecular complexity index is 1130. The van der Waals surface area contributed by atoms with Gasteiger partial charge in [-0.25, -0.2) is 9.36 Å². The molecule has 1 aromatic carbocycles. The molecule has 0 radical (unpaired) electrons. The maximum atomic E-state index is 12.8. The van der Waals surface area contributed by atoms with Crippen molar-refractivity contribution in [3.05, 3.63) is 64.2 Å². The van der Waals surface area contributed by atoms with Gasteiger partial charge in [0.1, 0.15) is 6.04 Å². The zero-order chi connectivity index (χ0) is 22.0. The lowest BCUT2D eigenvalue weighted by molar-refractivity contribution is -0.119. The smallest absolute Gasteiger partial charge is 0.267 e. The Kier molecular flexibility index (Phi) is 5.85. The van der Waals surface area contributed by atoms with Crippen LogP contribution in [-0.4, -0.2) is 51.8 Å². The van der Waals surface area contributed by atoms with E-state index in [-0.39, 0.29) is 11.5 Å². The Labute approximate surface area is 180 Å². The van der Waals surface area contributed by atoms with Gasteiger partial charge in [0.2, 0.25) is 5.91 Å². The third-order valence-electron chi connectivity index (χ3n) is 5.29. The summed E-state index contributed by atoms with van der Waals surface area (Å²) in [6.07, 6.45) is 0. The molecule has 1 saturated heterocycles. The second-order valence-electron chi connectivity index (χ2n) is 7.62. The molecule has 3 aromatic rings. The second-order valence-corrected chi connectivity index (χ2v) is 7.62. The molecule has 1 N–H and O–H groups in total. The van der Waals surface area contributed by atoms with E-state index in [9.17, 15) is 9.59 Å². The van der Waals surface area contributed by atoms with Crippen LogP contribution >= 0.6 is 0 Å². The number of aromatic nitrogens is 4. The van der Waals surface area contributed by atoms with E-state index >= 15 is 0 Å². The number of carbonyl (C=O) groups is 1. The highest BCUT2D eigenvalue weighted by Crippen LogP contribution is 2.20. The highest BCUT2D eigenvalue weighted by molar-refractivity contribution is 5.93. The first kappa shape index (κ1) is 20.8. The van der Waals surface area contributed by atoms with Gasteiger partial charge in [0.05, 0.1) is 18.9 Å². The molecule has 2 aromatic heterocycles.